The maximum atomic E-state index is 10.4. The Morgan fingerprint density at radius 1 is 1.60 bits per heavy atom. The molecule has 0 aliphatic rings. The van der Waals surface area contributed by atoms with Crippen LogP contribution in [0.3, 0.4) is 0 Å². The molecule has 1 aromatic heterocycles. The molecule has 56 valence electrons. The lowest BCUT2D eigenvalue weighted by Gasteiger charge is -1.94. The van der Waals surface area contributed by atoms with Gasteiger partial charge in [0.05, 0.1) is 0 Å². The zero-order valence-corrected chi connectivity index (χ0v) is 6.35. The highest BCUT2D eigenvalue weighted by Crippen LogP contribution is 2.33. The molecule has 1 rings (SSSR count). The van der Waals surface area contributed by atoms with E-state index in [1.54, 1.807) is 0 Å². The third-order valence-corrected chi connectivity index (χ3v) is 3.12. The molecular formula is C3H4NO4PS. The van der Waals surface area contributed by atoms with E-state index in [0.717, 1.165) is 6.20 Å². The Kier molecular flexibility index (Phi) is 1.78. The van der Waals surface area contributed by atoms with E-state index in [1.807, 2.05) is 0 Å². The molecule has 3 N–H and O–H groups in total. The molecule has 0 radical (unpaired) electrons. The van der Waals surface area contributed by atoms with Crippen LogP contribution in [0.2, 0.25) is 0 Å². The van der Waals surface area contributed by atoms with Crippen LogP contribution in [-0.2, 0) is 4.57 Å². The molecule has 0 unspecified atom stereocenters. The number of rotatable bonds is 1. The smallest absolute Gasteiger partial charge is 0.320 e. The van der Waals surface area contributed by atoms with E-state index < -0.39 is 12.5 Å². The van der Waals surface area contributed by atoms with Gasteiger partial charge in [-0.15, -0.1) is 0 Å². The van der Waals surface area contributed by atoms with Crippen molar-refractivity contribution in [2.24, 2.45) is 0 Å². The standard InChI is InChI=1S/C3H4NO4PS/c5-3-4-1-2(10-3)9(6,7)8/h1H,(H,4,5)(H2,6,7,8). The molecule has 0 aliphatic carbocycles. The first-order valence-electron chi connectivity index (χ1n) is 2.25. The van der Waals surface area contributed by atoms with Gasteiger partial charge >= 0.3 is 12.5 Å². The highest BCUT2D eigenvalue weighted by molar-refractivity contribution is 7.66. The first kappa shape index (κ1) is 7.68. The molecular weight excluding hydrogens is 177 g/mol. The predicted octanol–water partition coefficient (Wildman–Crippen LogP) is -0.761. The molecule has 5 nitrogen and oxygen atoms in total. The van der Waals surface area contributed by atoms with Gasteiger partial charge in [0.1, 0.15) is 4.62 Å². The number of nitrogens with one attached hydrogen (secondary N) is 1. The third kappa shape index (κ3) is 1.54. The van der Waals surface area contributed by atoms with Crippen molar-refractivity contribution in [3.63, 3.8) is 0 Å². The Morgan fingerprint density at radius 3 is 2.40 bits per heavy atom. The second kappa shape index (κ2) is 2.32. The van der Waals surface area contributed by atoms with Gasteiger partial charge in [0.15, 0.2) is 0 Å². The lowest BCUT2D eigenvalue weighted by Crippen LogP contribution is -1.96. The number of aromatic nitrogens is 1. The number of aromatic amines is 1. The van der Waals surface area contributed by atoms with Crippen molar-refractivity contribution in [3.8, 4) is 0 Å². The molecule has 0 saturated carbocycles. The van der Waals surface area contributed by atoms with Crippen LogP contribution in [0.25, 0.3) is 0 Å². The van der Waals surface area contributed by atoms with Gasteiger partial charge in [0.25, 0.3) is 0 Å². The second-order valence-electron chi connectivity index (χ2n) is 1.56. The first-order chi connectivity index (χ1) is 4.50. The molecule has 0 amide bonds. The first-order valence-corrected chi connectivity index (χ1v) is 4.67. The molecule has 0 saturated heterocycles. The maximum Gasteiger partial charge on any atom is 0.367 e. The van der Waals surface area contributed by atoms with Gasteiger partial charge in [-0.05, 0) is 0 Å². The van der Waals surface area contributed by atoms with E-state index >= 15 is 0 Å². The predicted molar refractivity (Wildman–Crippen MR) is 36.6 cm³/mol. The summed E-state index contributed by atoms with van der Waals surface area (Å²) in [6, 6.07) is 0. The van der Waals surface area contributed by atoms with Crippen molar-refractivity contribution in [1.29, 1.82) is 0 Å². The minimum atomic E-state index is -4.21. The molecule has 0 aliphatic heterocycles. The zero-order valence-electron chi connectivity index (χ0n) is 4.64. The monoisotopic (exact) mass is 181 g/mol. The molecule has 0 bridgehead atoms. The Hall–Kier alpha value is -0.420. The highest BCUT2D eigenvalue weighted by Gasteiger charge is 2.19. The van der Waals surface area contributed by atoms with Gasteiger partial charge < -0.3 is 14.8 Å². The summed E-state index contributed by atoms with van der Waals surface area (Å²) in [6.07, 6.45) is 1.02. The van der Waals surface area contributed by atoms with Crippen molar-refractivity contribution in [3.05, 3.63) is 15.9 Å². The molecule has 0 aromatic carbocycles. The van der Waals surface area contributed by atoms with Crippen molar-refractivity contribution >= 4 is 23.6 Å². The number of H-pyrrole nitrogens is 1. The van der Waals surface area contributed by atoms with Crippen LogP contribution in [0.5, 0.6) is 0 Å². The highest BCUT2D eigenvalue weighted by atomic mass is 32.1. The fourth-order valence-corrected chi connectivity index (χ4v) is 1.80. The normalized spacial score (nSPS) is 11.8. The van der Waals surface area contributed by atoms with Gasteiger partial charge in [-0.25, -0.2) is 0 Å². The van der Waals surface area contributed by atoms with Gasteiger partial charge in [0.2, 0.25) is 0 Å². The number of hydrogen-bond acceptors (Lipinski definition) is 3. The largest absolute Gasteiger partial charge is 0.367 e. The van der Waals surface area contributed by atoms with E-state index in [9.17, 15) is 9.36 Å². The Balaban J connectivity index is 3.20. The van der Waals surface area contributed by atoms with Crippen molar-refractivity contribution in [2.75, 3.05) is 0 Å². The van der Waals surface area contributed by atoms with Gasteiger partial charge in [-0.2, -0.15) is 0 Å². The minimum absolute atomic E-state index is 0.225. The van der Waals surface area contributed by atoms with Crippen molar-refractivity contribution in [1.82, 2.24) is 4.98 Å². The van der Waals surface area contributed by atoms with Crippen LogP contribution in [0, 0.1) is 0 Å². The van der Waals surface area contributed by atoms with Crippen LogP contribution < -0.4 is 9.49 Å². The SMILES string of the molecule is O=c1[nH]cc(P(=O)(O)O)s1. The summed E-state index contributed by atoms with van der Waals surface area (Å²) in [5.74, 6) is 0. The summed E-state index contributed by atoms with van der Waals surface area (Å²) in [6.45, 7) is 0. The maximum absolute atomic E-state index is 10.4. The zero-order chi connectivity index (χ0) is 7.78. The van der Waals surface area contributed by atoms with E-state index in [4.69, 9.17) is 9.79 Å². The third-order valence-electron chi connectivity index (χ3n) is 0.798. The fourth-order valence-electron chi connectivity index (χ4n) is 0.418. The molecule has 10 heavy (non-hydrogen) atoms. The average molecular weight is 181 g/mol. The van der Waals surface area contributed by atoms with Gasteiger partial charge in [-0.3, -0.25) is 9.36 Å². The van der Waals surface area contributed by atoms with Crippen LogP contribution in [-0.4, -0.2) is 14.8 Å². The lowest BCUT2D eigenvalue weighted by molar-refractivity contribution is 0.388. The van der Waals surface area contributed by atoms with Crippen LogP contribution in [0.4, 0.5) is 0 Å². The van der Waals surface area contributed by atoms with Crippen LogP contribution >= 0.6 is 18.9 Å². The summed E-state index contributed by atoms with van der Waals surface area (Å²) < 4.78 is 10.2. The molecule has 7 heteroatoms. The topological polar surface area (TPSA) is 90.4 Å². The van der Waals surface area contributed by atoms with E-state index in [0.29, 0.717) is 11.3 Å². The quantitative estimate of drug-likeness (QED) is 0.496. The van der Waals surface area contributed by atoms with Crippen molar-refractivity contribution in [2.45, 2.75) is 0 Å². The molecule has 0 atom stereocenters. The Bertz CT molecular complexity index is 321. The van der Waals surface area contributed by atoms with E-state index in [2.05, 4.69) is 4.98 Å². The molecule has 1 heterocycles. The summed E-state index contributed by atoms with van der Waals surface area (Å²) in [5.41, 5.74) is 0. The van der Waals surface area contributed by atoms with Crippen LogP contribution in [0.1, 0.15) is 0 Å². The van der Waals surface area contributed by atoms with Gasteiger partial charge in [-0.1, -0.05) is 11.3 Å². The van der Waals surface area contributed by atoms with Crippen molar-refractivity contribution < 1.29 is 14.4 Å². The number of hydrogen-bond donors (Lipinski definition) is 3. The lowest BCUT2D eigenvalue weighted by atomic mass is 11.0. The van der Waals surface area contributed by atoms with E-state index in [-0.39, 0.29) is 4.62 Å². The minimum Gasteiger partial charge on any atom is -0.320 e. The summed E-state index contributed by atoms with van der Waals surface area (Å²) >= 11 is 0.520. The Labute approximate surface area is 59.5 Å². The molecule has 1 aromatic rings. The van der Waals surface area contributed by atoms with Crippen LogP contribution in [0.15, 0.2) is 11.0 Å². The second-order valence-corrected chi connectivity index (χ2v) is 4.45. The number of thiazole rings is 1. The summed E-state index contributed by atoms with van der Waals surface area (Å²) in [7, 11) is -4.21. The molecule has 0 spiro atoms. The summed E-state index contributed by atoms with van der Waals surface area (Å²) in [5, 5.41) is 0. The summed E-state index contributed by atoms with van der Waals surface area (Å²) in [4.78, 5) is 29.0. The fraction of sp³-hybridized carbons (Fsp3) is 0. The van der Waals surface area contributed by atoms with Gasteiger partial charge in [0, 0.05) is 6.20 Å². The van der Waals surface area contributed by atoms with E-state index in [1.165, 1.54) is 0 Å². The average Bonchev–Trinajstić information content (AvgIpc) is 2.11. The Morgan fingerprint density at radius 2 is 2.20 bits per heavy atom. The molecule has 0 fully saturated rings.